The van der Waals surface area contributed by atoms with Crippen molar-refractivity contribution in [3.05, 3.63) is 53.1 Å². The summed E-state index contributed by atoms with van der Waals surface area (Å²) in [5.74, 6) is -0.0371. The van der Waals surface area contributed by atoms with Crippen LogP contribution in [0.25, 0.3) is 16.6 Å². The highest BCUT2D eigenvalue weighted by atomic mass is 32.1. The fourth-order valence-corrected chi connectivity index (χ4v) is 5.08. The molecule has 0 bridgehead atoms. The highest BCUT2D eigenvalue weighted by molar-refractivity contribution is 7.00. The molecule has 1 aliphatic heterocycles. The van der Waals surface area contributed by atoms with E-state index in [4.69, 9.17) is 9.47 Å². The zero-order valence-electron chi connectivity index (χ0n) is 17.4. The smallest absolute Gasteiger partial charge is 0.336 e. The lowest BCUT2D eigenvalue weighted by atomic mass is 9.80. The third kappa shape index (κ3) is 3.98. The Balaban J connectivity index is 1.62. The Morgan fingerprint density at radius 2 is 1.69 bits per heavy atom. The van der Waals surface area contributed by atoms with Crippen molar-refractivity contribution in [1.82, 2.24) is 8.75 Å². The summed E-state index contributed by atoms with van der Waals surface area (Å²) in [6.07, 6.45) is 5.83. The number of benzene rings is 2. The van der Waals surface area contributed by atoms with Crippen molar-refractivity contribution < 1.29 is 24.2 Å². The van der Waals surface area contributed by atoms with Crippen LogP contribution in [-0.2, 0) is 4.79 Å². The Morgan fingerprint density at radius 3 is 2.50 bits per heavy atom. The third-order valence-electron chi connectivity index (χ3n) is 6.18. The number of fused-ring (bicyclic) bond motifs is 2. The molecule has 1 saturated carbocycles. The van der Waals surface area contributed by atoms with Gasteiger partial charge in [0.2, 0.25) is 6.79 Å². The van der Waals surface area contributed by atoms with Crippen LogP contribution in [0.5, 0.6) is 11.5 Å². The largest absolute Gasteiger partial charge is 0.478 e. The minimum atomic E-state index is -1.12. The SMILES string of the molecule is O=C(O)C(=C(CC1CCCCC1)C(=O)c1ccc2c(c1)OCO2)c1ccc2nsnc2c1. The van der Waals surface area contributed by atoms with Gasteiger partial charge in [-0.2, -0.15) is 8.75 Å². The van der Waals surface area contributed by atoms with E-state index >= 15 is 0 Å². The van der Waals surface area contributed by atoms with Gasteiger partial charge in [-0.15, -0.1) is 0 Å². The van der Waals surface area contributed by atoms with Crippen molar-refractivity contribution in [2.24, 2.45) is 5.92 Å². The van der Waals surface area contributed by atoms with E-state index < -0.39 is 5.97 Å². The van der Waals surface area contributed by atoms with Crippen LogP contribution >= 0.6 is 11.7 Å². The molecule has 5 rings (SSSR count). The molecule has 3 aromatic rings. The van der Waals surface area contributed by atoms with Gasteiger partial charge in [-0.25, -0.2) is 4.79 Å². The van der Waals surface area contributed by atoms with Crippen LogP contribution in [0.15, 0.2) is 42.0 Å². The van der Waals surface area contributed by atoms with Crippen molar-refractivity contribution in [2.45, 2.75) is 38.5 Å². The van der Waals surface area contributed by atoms with Gasteiger partial charge < -0.3 is 14.6 Å². The fourth-order valence-electron chi connectivity index (χ4n) is 4.56. The molecular weight excluding hydrogens is 428 g/mol. The summed E-state index contributed by atoms with van der Waals surface area (Å²) in [6.45, 7) is 0.111. The zero-order chi connectivity index (χ0) is 22.1. The Bertz CT molecular complexity index is 1230. The van der Waals surface area contributed by atoms with Crippen molar-refractivity contribution >= 4 is 40.1 Å². The van der Waals surface area contributed by atoms with Crippen LogP contribution in [0.2, 0.25) is 0 Å². The number of carbonyl (C=O) groups excluding carboxylic acids is 1. The summed E-state index contributed by atoms with van der Waals surface area (Å²) < 4.78 is 19.2. The highest BCUT2D eigenvalue weighted by Crippen LogP contribution is 2.37. The first-order valence-electron chi connectivity index (χ1n) is 10.7. The van der Waals surface area contributed by atoms with E-state index in [2.05, 4.69) is 8.75 Å². The maximum atomic E-state index is 13.7. The van der Waals surface area contributed by atoms with E-state index in [1.807, 2.05) is 0 Å². The van der Waals surface area contributed by atoms with Crippen LogP contribution in [0.1, 0.15) is 54.4 Å². The average Bonchev–Trinajstić information content (AvgIpc) is 3.47. The number of aromatic nitrogens is 2. The van der Waals surface area contributed by atoms with Gasteiger partial charge in [0.15, 0.2) is 17.3 Å². The number of nitrogens with zero attached hydrogens (tertiary/aromatic N) is 2. The number of carbonyl (C=O) groups is 2. The number of hydrogen-bond donors (Lipinski definition) is 1. The molecule has 0 saturated heterocycles. The molecule has 1 aromatic heterocycles. The number of rotatable bonds is 6. The van der Waals surface area contributed by atoms with Gasteiger partial charge >= 0.3 is 5.97 Å². The Labute approximate surface area is 189 Å². The quantitative estimate of drug-likeness (QED) is 0.411. The highest BCUT2D eigenvalue weighted by Gasteiger charge is 2.28. The van der Waals surface area contributed by atoms with Gasteiger partial charge in [0.05, 0.1) is 17.3 Å². The van der Waals surface area contributed by atoms with Gasteiger partial charge in [0, 0.05) is 11.1 Å². The second-order valence-electron chi connectivity index (χ2n) is 8.23. The molecule has 1 aliphatic carbocycles. The Hall–Kier alpha value is -3.26. The predicted octanol–water partition coefficient (Wildman–Crippen LogP) is 5.11. The van der Waals surface area contributed by atoms with Crippen molar-refractivity contribution in [2.75, 3.05) is 6.79 Å². The molecule has 2 heterocycles. The van der Waals surface area contributed by atoms with E-state index in [0.29, 0.717) is 45.7 Å². The number of ether oxygens (including phenoxy) is 2. The first-order chi connectivity index (χ1) is 15.6. The van der Waals surface area contributed by atoms with Gasteiger partial charge in [-0.1, -0.05) is 38.2 Å². The van der Waals surface area contributed by atoms with Crippen LogP contribution < -0.4 is 9.47 Å². The summed E-state index contributed by atoms with van der Waals surface area (Å²) >= 11 is 1.08. The minimum Gasteiger partial charge on any atom is -0.478 e. The van der Waals surface area contributed by atoms with Gasteiger partial charge in [-0.05, 0) is 48.2 Å². The molecule has 0 radical (unpaired) electrons. The average molecular weight is 451 g/mol. The van der Waals surface area contributed by atoms with Crippen molar-refractivity contribution in [3.8, 4) is 11.5 Å². The lowest BCUT2D eigenvalue weighted by Gasteiger charge is -2.23. The van der Waals surface area contributed by atoms with Crippen LogP contribution in [0.3, 0.4) is 0 Å². The number of Topliss-reactive ketones (excluding diaryl/α,β-unsaturated/α-hetero) is 1. The fraction of sp³-hybridized carbons (Fsp3) is 0.333. The molecule has 0 amide bonds. The van der Waals surface area contributed by atoms with Crippen LogP contribution in [0, 0.1) is 5.92 Å². The van der Waals surface area contributed by atoms with Crippen LogP contribution in [-0.4, -0.2) is 32.4 Å². The zero-order valence-corrected chi connectivity index (χ0v) is 18.2. The van der Waals surface area contributed by atoms with E-state index in [1.165, 1.54) is 6.42 Å². The standard InChI is InChI=1S/C24H22N2O5S/c27-23(16-7-9-20-21(12-16)31-13-30-20)17(10-14-4-2-1-3-5-14)22(24(28)29)15-6-8-18-19(11-15)26-32-25-18/h6-9,11-12,14H,1-5,10,13H2,(H,28,29). The molecule has 32 heavy (non-hydrogen) atoms. The van der Waals surface area contributed by atoms with Gasteiger partial charge in [0.1, 0.15) is 11.0 Å². The summed E-state index contributed by atoms with van der Waals surface area (Å²) in [5.41, 5.74) is 2.56. The molecule has 164 valence electrons. The molecule has 0 unspecified atom stereocenters. The second kappa shape index (κ2) is 8.70. The number of carboxylic acid groups (broad SMARTS) is 1. The molecule has 8 heteroatoms. The van der Waals surface area contributed by atoms with Gasteiger partial charge in [-0.3, -0.25) is 4.79 Å². The molecule has 0 spiro atoms. The van der Waals surface area contributed by atoms with E-state index in [9.17, 15) is 14.7 Å². The Morgan fingerprint density at radius 1 is 0.938 bits per heavy atom. The van der Waals surface area contributed by atoms with Crippen molar-refractivity contribution in [1.29, 1.82) is 0 Å². The van der Waals surface area contributed by atoms with Crippen LogP contribution in [0.4, 0.5) is 0 Å². The molecule has 0 atom stereocenters. The summed E-state index contributed by atoms with van der Waals surface area (Å²) in [4.78, 5) is 26.2. The summed E-state index contributed by atoms with van der Waals surface area (Å²) in [5, 5.41) is 10.2. The molecule has 1 N–H and O–H groups in total. The topological polar surface area (TPSA) is 98.6 Å². The van der Waals surface area contributed by atoms with Crippen molar-refractivity contribution in [3.63, 3.8) is 0 Å². The molecule has 2 aromatic carbocycles. The van der Waals surface area contributed by atoms with E-state index in [0.717, 1.165) is 37.4 Å². The second-order valence-corrected chi connectivity index (χ2v) is 8.76. The maximum Gasteiger partial charge on any atom is 0.336 e. The number of carboxylic acids is 1. The molecular formula is C24H22N2O5S. The summed E-state index contributed by atoms with van der Waals surface area (Å²) in [6, 6.07) is 10.2. The normalized spacial score (nSPS) is 16.8. The van der Waals surface area contributed by atoms with E-state index in [1.54, 1.807) is 36.4 Å². The van der Waals surface area contributed by atoms with Gasteiger partial charge in [0.25, 0.3) is 0 Å². The first kappa shape index (κ1) is 20.6. The lowest BCUT2D eigenvalue weighted by Crippen LogP contribution is -2.16. The minimum absolute atomic E-state index is 0.0353. The lowest BCUT2D eigenvalue weighted by molar-refractivity contribution is -0.130. The molecule has 1 fully saturated rings. The summed E-state index contributed by atoms with van der Waals surface area (Å²) in [7, 11) is 0. The maximum absolute atomic E-state index is 13.7. The first-order valence-corrected chi connectivity index (χ1v) is 11.5. The van der Waals surface area contributed by atoms with E-state index in [-0.39, 0.29) is 24.1 Å². The Kier molecular flexibility index (Phi) is 5.61. The number of allylic oxidation sites excluding steroid dienone is 1. The monoisotopic (exact) mass is 450 g/mol. The molecule has 2 aliphatic rings. The predicted molar refractivity (Wildman–Crippen MR) is 120 cm³/mol. The number of hydrogen-bond acceptors (Lipinski definition) is 7. The molecule has 7 nitrogen and oxygen atoms in total. The number of aliphatic carboxylic acids is 1. The number of ketones is 1. The third-order valence-corrected chi connectivity index (χ3v) is 6.74.